The summed E-state index contributed by atoms with van der Waals surface area (Å²) in [6.45, 7) is 1.60. The van der Waals surface area contributed by atoms with Crippen LogP contribution in [0.2, 0.25) is 0 Å². The minimum Gasteiger partial charge on any atom is -0.497 e. The van der Waals surface area contributed by atoms with Crippen LogP contribution in [0, 0.1) is 0 Å². The van der Waals surface area contributed by atoms with Crippen LogP contribution in [0.25, 0.3) is 0 Å². The molecule has 2 aromatic rings. The van der Waals surface area contributed by atoms with E-state index in [-0.39, 0.29) is 6.10 Å². The molecule has 0 aliphatic carbocycles. The maximum atomic E-state index is 6.12. The molecular weight excluding hydrogens is 342 g/mol. The summed E-state index contributed by atoms with van der Waals surface area (Å²) in [4.78, 5) is 2.25. The van der Waals surface area contributed by atoms with E-state index >= 15 is 0 Å². The zero-order valence-electron chi connectivity index (χ0n) is 12.9. The van der Waals surface area contributed by atoms with Gasteiger partial charge in [-0.3, -0.25) is 0 Å². The Labute approximate surface area is 140 Å². The molecule has 22 heavy (non-hydrogen) atoms. The molecule has 1 atom stereocenters. The zero-order chi connectivity index (χ0) is 15.5. The van der Waals surface area contributed by atoms with E-state index in [1.165, 1.54) is 11.3 Å². The normalized spacial score (nSPS) is 18.3. The van der Waals surface area contributed by atoms with E-state index in [0.29, 0.717) is 6.61 Å². The summed E-state index contributed by atoms with van der Waals surface area (Å²) < 4.78 is 12.6. The number of nitrogens with zero attached hydrogens (tertiary/aromatic N) is 1. The van der Waals surface area contributed by atoms with Crippen molar-refractivity contribution in [2.45, 2.75) is 12.5 Å². The Morgan fingerprint density at radius 2 is 2.09 bits per heavy atom. The van der Waals surface area contributed by atoms with Gasteiger partial charge in [0.05, 0.1) is 19.8 Å². The van der Waals surface area contributed by atoms with Crippen LogP contribution < -0.4 is 9.64 Å². The van der Waals surface area contributed by atoms with E-state index in [1.807, 2.05) is 12.1 Å². The van der Waals surface area contributed by atoms with Crippen molar-refractivity contribution in [3.8, 4) is 5.75 Å². The zero-order valence-corrected chi connectivity index (χ0v) is 14.5. The summed E-state index contributed by atoms with van der Waals surface area (Å²) in [5, 5.41) is 0. The average Bonchev–Trinajstić information content (AvgIpc) is 2.52. The first-order valence-corrected chi connectivity index (χ1v) is 8.22. The van der Waals surface area contributed by atoms with Gasteiger partial charge in [0.2, 0.25) is 0 Å². The van der Waals surface area contributed by atoms with E-state index in [4.69, 9.17) is 9.47 Å². The lowest BCUT2D eigenvalue weighted by Crippen LogP contribution is -2.27. The Kier molecular flexibility index (Phi) is 4.69. The van der Waals surface area contributed by atoms with E-state index in [0.717, 1.165) is 28.8 Å². The number of rotatable bonds is 2. The van der Waals surface area contributed by atoms with Crippen LogP contribution in [-0.4, -0.2) is 27.3 Å². The standard InChI is InChI=1S/C18H20BrNO2/c1-20-8-9-22-18(13-4-3-5-16(11-13)21-2)12-14-10-15(19)6-7-17(14)20/h3-7,10-11,18H,8-9,12H2,1-2H3. The Balaban J connectivity index is 1.95. The van der Waals surface area contributed by atoms with Crippen molar-refractivity contribution in [1.82, 2.24) is 0 Å². The smallest absolute Gasteiger partial charge is 0.119 e. The molecule has 0 fully saturated rings. The molecule has 0 radical (unpaired) electrons. The molecule has 0 saturated heterocycles. The van der Waals surface area contributed by atoms with Crippen LogP contribution in [0.15, 0.2) is 46.9 Å². The highest BCUT2D eigenvalue weighted by Gasteiger charge is 2.20. The van der Waals surface area contributed by atoms with Crippen LogP contribution in [0.3, 0.4) is 0 Å². The summed E-state index contributed by atoms with van der Waals surface area (Å²) >= 11 is 3.58. The molecule has 1 unspecified atom stereocenters. The van der Waals surface area contributed by atoms with Crippen molar-refractivity contribution in [2.75, 3.05) is 32.2 Å². The van der Waals surface area contributed by atoms with Crippen molar-refractivity contribution in [3.05, 3.63) is 58.1 Å². The SMILES string of the molecule is COc1cccc(C2Cc3cc(Br)ccc3N(C)CCO2)c1. The predicted molar refractivity (Wildman–Crippen MR) is 92.8 cm³/mol. The third-order valence-corrected chi connectivity index (χ3v) is 4.56. The van der Waals surface area contributed by atoms with Crippen LogP contribution in [0.1, 0.15) is 17.2 Å². The second-order valence-corrected chi connectivity index (χ2v) is 6.45. The number of hydrogen-bond acceptors (Lipinski definition) is 3. The number of hydrogen-bond donors (Lipinski definition) is 0. The first-order valence-electron chi connectivity index (χ1n) is 7.42. The largest absolute Gasteiger partial charge is 0.497 e. The van der Waals surface area contributed by atoms with Gasteiger partial charge < -0.3 is 14.4 Å². The maximum Gasteiger partial charge on any atom is 0.119 e. The average molecular weight is 362 g/mol. The highest BCUT2D eigenvalue weighted by molar-refractivity contribution is 9.10. The first kappa shape index (κ1) is 15.4. The van der Waals surface area contributed by atoms with Gasteiger partial charge >= 0.3 is 0 Å². The number of halogens is 1. The predicted octanol–water partition coefficient (Wildman–Crippen LogP) is 4.21. The van der Waals surface area contributed by atoms with Gasteiger partial charge in [0, 0.05) is 30.2 Å². The molecule has 0 aromatic heterocycles. The summed E-state index contributed by atoms with van der Waals surface area (Å²) in [7, 11) is 3.81. The minimum absolute atomic E-state index is 0.0526. The molecule has 1 aliphatic heterocycles. The first-order chi connectivity index (χ1) is 10.7. The third kappa shape index (κ3) is 3.28. The van der Waals surface area contributed by atoms with Crippen molar-refractivity contribution >= 4 is 21.6 Å². The second-order valence-electron chi connectivity index (χ2n) is 5.53. The van der Waals surface area contributed by atoms with Crippen LogP contribution >= 0.6 is 15.9 Å². The summed E-state index contributed by atoms with van der Waals surface area (Å²) in [5.41, 5.74) is 3.73. The molecule has 0 spiro atoms. The highest BCUT2D eigenvalue weighted by atomic mass is 79.9. The Bertz CT molecular complexity index is 659. The lowest BCUT2D eigenvalue weighted by Gasteiger charge is -2.29. The Morgan fingerprint density at radius 1 is 1.23 bits per heavy atom. The van der Waals surface area contributed by atoms with Gasteiger partial charge in [-0.05, 0) is 41.5 Å². The third-order valence-electron chi connectivity index (χ3n) is 4.07. The number of ether oxygens (including phenoxy) is 2. The van der Waals surface area contributed by atoms with Crippen molar-refractivity contribution in [1.29, 1.82) is 0 Å². The Morgan fingerprint density at radius 3 is 2.91 bits per heavy atom. The van der Waals surface area contributed by atoms with E-state index in [1.54, 1.807) is 7.11 Å². The van der Waals surface area contributed by atoms with Crippen molar-refractivity contribution < 1.29 is 9.47 Å². The minimum atomic E-state index is 0.0526. The fraction of sp³-hybridized carbons (Fsp3) is 0.333. The molecule has 0 bridgehead atoms. The molecular formula is C18H20BrNO2. The van der Waals surface area contributed by atoms with Gasteiger partial charge in [-0.25, -0.2) is 0 Å². The van der Waals surface area contributed by atoms with Gasteiger partial charge in [-0.2, -0.15) is 0 Å². The number of methoxy groups -OCH3 is 1. The topological polar surface area (TPSA) is 21.7 Å². The molecule has 3 nitrogen and oxygen atoms in total. The molecule has 0 saturated carbocycles. The monoisotopic (exact) mass is 361 g/mol. The van der Waals surface area contributed by atoms with Gasteiger partial charge in [-0.1, -0.05) is 28.1 Å². The van der Waals surface area contributed by atoms with Crippen LogP contribution in [-0.2, 0) is 11.2 Å². The molecule has 3 rings (SSSR count). The van der Waals surface area contributed by atoms with Crippen LogP contribution in [0.5, 0.6) is 5.75 Å². The molecule has 1 aliphatic rings. The van der Waals surface area contributed by atoms with Gasteiger partial charge in [-0.15, -0.1) is 0 Å². The Hall–Kier alpha value is -1.52. The van der Waals surface area contributed by atoms with Gasteiger partial charge in [0.15, 0.2) is 0 Å². The van der Waals surface area contributed by atoms with Gasteiger partial charge in [0.25, 0.3) is 0 Å². The molecule has 4 heteroatoms. The highest BCUT2D eigenvalue weighted by Crippen LogP contribution is 2.32. The molecule has 2 aromatic carbocycles. The number of anilines is 1. The van der Waals surface area contributed by atoms with Crippen molar-refractivity contribution in [3.63, 3.8) is 0 Å². The molecule has 116 valence electrons. The quantitative estimate of drug-likeness (QED) is 0.799. The molecule has 0 N–H and O–H groups in total. The van der Waals surface area contributed by atoms with Crippen molar-refractivity contribution in [2.24, 2.45) is 0 Å². The summed E-state index contributed by atoms with van der Waals surface area (Å²) in [5.74, 6) is 0.870. The molecule has 1 heterocycles. The van der Waals surface area contributed by atoms with E-state index < -0.39 is 0 Å². The number of likely N-dealkylation sites (N-methyl/N-ethyl adjacent to an activating group) is 1. The maximum absolute atomic E-state index is 6.12. The number of benzene rings is 2. The fourth-order valence-electron chi connectivity index (χ4n) is 2.86. The van der Waals surface area contributed by atoms with E-state index in [2.05, 4.69) is 58.2 Å². The lowest BCUT2D eigenvalue weighted by molar-refractivity contribution is 0.0558. The van der Waals surface area contributed by atoms with Crippen LogP contribution in [0.4, 0.5) is 5.69 Å². The summed E-state index contributed by atoms with van der Waals surface area (Å²) in [6, 6.07) is 14.6. The molecule has 0 amide bonds. The summed E-state index contributed by atoms with van der Waals surface area (Å²) in [6.07, 6.45) is 0.906. The fourth-order valence-corrected chi connectivity index (χ4v) is 3.27. The lowest BCUT2D eigenvalue weighted by atomic mass is 9.98. The van der Waals surface area contributed by atoms with E-state index in [9.17, 15) is 0 Å². The van der Waals surface area contributed by atoms with Gasteiger partial charge in [0.1, 0.15) is 5.75 Å². The number of fused-ring (bicyclic) bond motifs is 1. The second kappa shape index (κ2) is 6.71.